The van der Waals surface area contributed by atoms with Crippen LogP contribution in [0.3, 0.4) is 0 Å². The van der Waals surface area contributed by atoms with Crippen LogP contribution in [0.25, 0.3) is 0 Å². The summed E-state index contributed by atoms with van der Waals surface area (Å²) in [6.07, 6.45) is 1.47. The Morgan fingerprint density at radius 3 is 2.08 bits per heavy atom. The molecule has 0 unspecified atom stereocenters. The summed E-state index contributed by atoms with van der Waals surface area (Å²) >= 11 is -0.907. The van der Waals surface area contributed by atoms with E-state index >= 15 is 0 Å². The normalized spacial score (nSPS) is 10.8. The molecular weight excluding hydrogens is 249 g/mol. The molecule has 0 saturated heterocycles. The third-order valence-corrected chi connectivity index (χ3v) is 10.7. The zero-order chi connectivity index (χ0) is 9.40. The second-order valence-electron chi connectivity index (χ2n) is 3.68. The summed E-state index contributed by atoms with van der Waals surface area (Å²) in [7, 11) is 0. The van der Waals surface area contributed by atoms with E-state index in [0.717, 1.165) is 0 Å². The van der Waals surface area contributed by atoms with Crippen molar-refractivity contribution >= 4 is 21.4 Å². The number of nitrogens with zero attached hydrogens (tertiary/aromatic N) is 1. The van der Waals surface area contributed by atoms with E-state index in [4.69, 9.17) is 0 Å². The van der Waals surface area contributed by atoms with Crippen molar-refractivity contribution in [2.24, 2.45) is 0 Å². The predicted octanol–water partition coefficient (Wildman–Crippen LogP) is 2.86. The summed E-state index contributed by atoms with van der Waals surface area (Å²) in [4.78, 5) is 2.54. The maximum atomic E-state index is 2.56. The minimum atomic E-state index is -0.907. The summed E-state index contributed by atoms with van der Waals surface area (Å²) in [5, 5.41) is 0. The van der Waals surface area contributed by atoms with Gasteiger partial charge in [-0.2, -0.15) is 0 Å². The monoisotopic (exact) mass is 273 g/mol. The van der Waals surface area contributed by atoms with Crippen LogP contribution in [-0.2, 0) is 0 Å². The Labute approximate surface area is 86.1 Å². The van der Waals surface area contributed by atoms with Crippen LogP contribution >= 0.6 is 0 Å². The molecule has 72 valence electrons. The van der Waals surface area contributed by atoms with Crippen molar-refractivity contribution < 1.29 is 0 Å². The minimum absolute atomic E-state index is 0.907. The summed E-state index contributed by atoms with van der Waals surface area (Å²) in [6, 6.07) is 0. The molecule has 0 atom stereocenters. The van der Waals surface area contributed by atoms with Crippen LogP contribution in [0.15, 0.2) is 0 Å². The zero-order valence-corrected chi connectivity index (χ0v) is 12.6. The number of hydrogen-bond acceptors (Lipinski definition) is 1. The maximum absolute atomic E-state index is 2.56. The number of rotatable bonds is 7. The van der Waals surface area contributed by atoms with Crippen molar-refractivity contribution in [2.75, 3.05) is 19.6 Å². The van der Waals surface area contributed by atoms with Crippen molar-refractivity contribution in [2.45, 2.75) is 40.2 Å². The molecule has 0 rings (SSSR count). The van der Waals surface area contributed by atoms with E-state index < -0.39 is 21.4 Å². The first-order valence-corrected chi connectivity index (χ1v) is 13.4. The third kappa shape index (κ3) is 6.36. The van der Waals surface area contributed by atoms with Crippen LogP contribution in [-0.4, -0.2) is 46.0 Å². The van der Waals surface area contributed by atoms with Gasteiger partial charge in [0.15, 0.2) is 0 Å². The topological polar surface area (TPSA) is 3.24 Å². The van der Waals surface area contributed by atoms with Crippen molar-refractivity contribution in [1.29, 1.82) is 0 Å². The second kappa shape index (κ2) is 8.43. The van der Waals surface area contributed by atoms with Crippen molar-refractivity contribution in [3.05, 3.63) is 0 Å². The molecule has 0 spiro atoms. The van der Waals surface area contributed by atoms with Gasteiger partial charge in [-0.05, 0) is 0 Å². The van der Waals surface area contributed by atoms with Crippen LogP contribution in [0.2, 0.25) is 13.0 Å². The van der Waals surface area contributed by atoms with Gasteiger partial charge in [0, 0.05) is 0 Å². The first kappa shape index (κ1) is 12.8. The fourth-order valence-corrected chi connectivity index (χ4v) is 5.08. The summed E-state index contributed by atoms with van der Waals surface area (Å²) in [6.45, 7) is 10.7. The van der Waals surface area contributed by atoms with Crippen molar-refractivity contribution in [3.8, 4) is 0 Å². The van der Waals surface area contributed by atoms with E-state index in [-0.39, 0.29) is 0 Å². The Balaban J connectivity index is 3.28. The quantitative estimate of drug-likeness (QED) is 0.689. The van der Waals surface area contributed by atoms with E-state index in [1.54, 1.807) is 8.35 Å². The van der Waals surface area contributed by atoms with Crippen LogP contribution in [0.1, 0.15) is 27.2 Å². The molecule has 0 bridgehead atoms. The molecule has 0 saturated carbocycles. The molecule has 0 aromatic carbocycles. The van der Waals surface area contributed by atoms with Gasteiger partial charge in [-0.15, -0.1) is 0 Å². The van der Waals surface area contributed by atoms with E-state index in [0.29, 0.717) is 0 Å². The molecule has 0 aliphatic heterocycles. The van der Waals surface area contributed by atoms with Gasteiger partial charge in [-0.1, -0.05) is 0 Å². The van der Waals surface area contributed by atoms with E-state index in [2.05, 4.69) is 30.4 Å². The van der Waals surface area contributed by atoms with Gasteiger partial charge < -0.3 is 0 Å². The molecule has 0 amide bonds. The summed E-state index contributed by atoms with van der Waals surface area (Å²) in [5.41, 5.74) is 0. The fourth-order valence-electron chi connectivity index (χ4n) is 1.41. The molecule has 0 heterocycles. The molecule has 0 fully saturated rings. The Morgan fingerprint density at radius 1 is 1.08 bits per heavy atom. The first-order chi connectivity index (χ1) is 5.74. The Morgan fingerprint density at radius 2 is 1.67 bits per heavy atom. The Hall–Kier alpha value is 0.830. The Kier molecular flexibility index (Phi) is 9.01. The molecule has 1 nitrogen and oxygen atoms in total. The van der Waals surface area contributed by atoms with Gasteiger partial charge in [0.25, 0.3) is 0 Å². The fraction of sp³-hybridized carbons (Fsp3) is 1.00. The van der Waals surface area contributed by atoms with Gasteiger partial charge in [0.05, 0.1) is 0 Å². The van der Waals surface area contributed by atoms with E-state index in [1.165, 1.54) is 26.1 Å². The van der Waals surface area contributed by atoms with E-state index in [9.17, 15) is 0 Å². The van der Waals surface area contributed by atoms with Gasteiger partial charge in [0.1, 0.15) is 0 Å². The molecule has 12 heavy (non-hydrogen) atoms. The average molecular weight is 273 g/mol. The van der Waals surface area contributed by atoms with Gasteiger partial charge in [0.2, 0.25) is 0 Å². The van der Waals surface area contributed by atoms with Crippen LogP contribution in [0, 0.1) is 0 Å². The molecule has 0 aliphatic rings. The summed E-state index contributed by atoms with van der Waals surface area (Å²) in [5.74, 6) is 0. The first-order valence-electron chi connectivity index (χ1n) is 5.46. The van der Waals surface area contributed by atoms with Crippen LogP contribution in [0.4, 0.5) is 0 Å². The average Bonchev–Trinajstić information content (AvgIpc) is 2.12. The molecular formula is C10H24InN. The summed E-state index contributed by atoms with van der Waals surface area (Å²) < 4.78 is 5.71. The molecule has 0 aromatic rings. The molecule has 0 radical (unpaired) electrons. The molecule has 2 heteroatoms. The predicted molar refractivity (Wildman–Crippen MR) is 59.3 cm³/mol. The second-order valence-corrected chi connectivity index (χ2v) is 14.0. The number of hydrogen-bond donors (Lipinski definition) is 0. The van der Waals surface area contributed by atoms with Crippen LogP contribution < -0.4 is 0 Å². The molecule has 0 aliphatic carbocycles. The third-order valence-electron chi connectivity index (χ3n) is 2.76. The Bertz CT molecular complexity index is 91.8. The standard InChI is InChI=1S/C7H16N.C2H5.CH3.In/c1-4-7-8(5-2)6-3;1-2;;/h1,4-7H2,2-3H3;1H2,2H3;1H3;. The SMILES string of the molecule is CCN(CC)CC[CH2][In]([CH3])[CH2]C. The zero-order valence-electron chi connectivity index (χ0n) is 9.27. The van der Waals surface area contributed by atoms with Gasteiger partial charge in [-0.3, -0.25) is 0 Å². The molecule has 0 N–H and O–H groups in total. The van der Waals surface area contributed by atoms with Gasteiger partial charge >= 0.3 is 86.2 Å². The van der Waals surface area contributed by atoms with Gasteiger partial charge in [-0.25, -0.2) is 0 Å². The van der Waals surface area contributed by atoms with E-state index in [1.807, 2.05) is 0 Å². The van der Waals surface area contributed by atoms with Crippen LogP contribution in [0.5, 0.6) is 0 Å². The molecule has 0 aromatic heterocycles. The van der Waals surface area contributed by atoms with Crippen molar-refractivity contribution in [3.63, 3.8) is 0 Å². The van der Waals surface area contributed by atoms with Crippen molar-refractivity contribution in [1.82, 2.24) is 4.90 Å².